The molecule has 3 aromatic rings. The maximum Gasteiger partial charge on any atom is 0.407 e. The van der Waals surface area contributed by atoms with Crippen molar-refractivity contribution in [2.75, 3.05) is 26.0 Å². The molecule has 1 atom stereocenters. The summed E-state index contributed by atoms with van der Waals surface area (Å²) in [6.45, 7) is -0.242. The van der Waals surface area contributed by atoms with Gasteiger partial charge in [0.15, 0.2) is 0 Å². The lowest BCUT2D eigenvalue weighted by Gasteiger charge is -2.22. The average Bonchev–Trinajstić information content (AvgIpc) is 3.51. The summed E-state index contributed by atoms with van der Waals surface area (Å²) >= 11 is 0. The molecule has 0 aliphatic heterocycles. The number of rotatable bonds is 12. The van der Waals surface area contributed by atoms with Crippen LogP contribution in [0.1, 0.15) is 59.2 Å². The minimum Gasteiger partial charge on any atom is -0.492 e. The Labute approximate surface area is 249 Å². The van der Waals surface area contributed by atoms with E-state index in [1.165, 1.54) is 24.3 Å². The number of nitrogens with zero attached hydrogens (tertiary/aromatic N) is 2. The first-order chi connectivity index (χ1) is 20.4. The lowest BCUT2D eigenvalue weighted by atomic mass is 9.89. The Morgan fingerprint density at radius 1 is 1.05 bits per heavy atom. The van der Waals surface area contributed by atoms with E-state index in [1.807, 2.05) is 18.2 Å². The van der Waals surface area contributed by atoms with Crippen LogP contribution in [0.3, 0.4) is 0 Å². The van der Waals surface area contributed by atoms with E-state index < -0.39 is 33.1 Å². The summed E-state index contributed by atoms with van der Waals surface area (Å²) in [5.41, 5.74) is 3.12. The van der Waals surface area contributed by atoms with Gasteiger partial charge < -0.3 is 19.8 Å². The number of nitrogens with one attached hydrogen (secondary N) is 1. The molecule has 43 heavy (non-hydrogen) atoms. The summed E-state index contributed by atoms with van der Waals surface area (Å²) < 4.78 is 31.1. The normalized spacial score (nSPS) is 14.2. The SMILES string of the molecule is CS(=O)(=O)NC(=O)c1ccc(-c2ccc(OCCN(C[C@@H](O)c3ccc([N+](=O)[O-])cc3)C(=O)O)cc2)cc1C1CCCC1. The summed E-state index contributed by atoms with van der Waals surface area (Å²) in [6, 6.07) is 17.8. The van der Waals surface area contributed by atoms with E-state index in [1.54, 1.807) is 24.3 Å². The predicted octanol–water partition coefficient (Wildman–Crippen LogP) is 4.70. The van der Waals surface area contributed by atoms with Crippen LogP contribution in [0.25, 0.3) is 11.1 Å². The molecule has 1 saturated carbocycles. The number of aliphatic hydroxyl groups excluding tert-OH is 1. The zero-order chi connectivity index (χ0) is 31.1. The molecule has 228 valence electrons. The Morgan fingerprint density at radius 3 is 2.26 bits per heavy atom. The Balaban J connectivity index is 1.39. The average molecular weight is 612 g/mol. The molecular weight excluding hydrogens is 578 g/mol. The third kappa shape index (κ3) is 8.52. The van der Waals surface area contributed by atoms with Gasteiger partial charge in [0.05, 0.1) is 30.4 Å². The number of nitro benzene ring substituents is 1. The zero-order valence-electron chi connectivity index (χ0n) is 23.5. The number of hydrogen-bond donors (Lipinski definition) is 3. The minimum atomic E-state index is -3.70. The van der Waals surface area contributed by atoms with Gasteiger partial charge in [-0.25, -0.2) is 17.9 Å². The molecule has 3 N–H and O–H groups in total. The fourth-order valence-corrected chi connectivity index (χ4v) is 5.61. The molecule has 1 aliphatic carbocycles. The van der Waals surface area contributed by atoms with Crippen molar-refractivity contribution >= 4 is 27.7 Å². The molecule has 0 unspecified atom stereocenters. The number of non-ortho nitro benzene ring substituents is 1. The van der Waals surface area contributed by atoms with Crippen molar-refractivity contribution < 1.29 is 37.9 Å². The number of nitro groups is 1. The second-order valence-electron chi connectivity index (χ2n) is 10.5. The number of carboxylic acid groups (broad SMARTS) is 1. The van der Waals surface area contributed by atoms with Gasteiger partial charge in [0, 0.05) is 17.7 Å². The monoisotopic (exact) mass is 611 g/mol. The highest BCUT2D eigenvalue weighted by atomic mass is 32.2. The van der Waals surface area contributed by atoms with Crippen LogP contribution >= 0.6 is 0 Å². The topological polar surface area (TPSA) is 176 Å². The zero-order valence-corrected chi connectivity index (χ0v) is 24.3. The number of amides is 2. The molecule has 0 aromatic heterocycles. The molecule has 0 spiro atoms. The molecule has 1 fully saturated rings. The summed E-state index contributed by atoms with van der Waals surface area (Å²) in [6.07, 6.45) is 2.47. The largest absolute Gasteiger partial charge is 0.492 e. The van der Waals surface area contributed by atoms with Crippen molar-refractivity contribution in [1.82, 2.24) is 9.62 Å². The Hall–Kier alpha value is -4.49. The maximum atomic E-state index is 12.7. The molecule has 0 radical (unpaired) electrons. The lowest BCUT2D eigenvalue weighted by Crippen LogP contribution is -2.36. The van der Waals surface area contributed by atoms with Crippen molar-refractivity contribution in [3.63, 3.8) is 0 Å². The number of sulfonamides is 1. The molecule has 3 aromatic carbocycles. The Kier molecular flexibility index (Phi) is 9.99. The number of carbonyl (C=O) groups excluding carboxylic acids is 1. The van der Waals surface area contributed by atoms with Gasteiger partial charge in [-0.15, -0.1) is 0 Å². The fraction of sp³-hybridized carbons (Fsp3) is 0.333. The third-order valence-electron chi connectivity index (χ3n) is 7.34. The minimum absolute atomic E-state index is 0.0224. The fourth-order valence-electron chi connectivity index (χ4n) is 5.16. The van der Waals surface area contributed by atoms with Crippen LogP contribution in [0.15, 0.2) is 66.7 Å². The highest BCUT2D eigenvalue weighted by Crippen LogP contribution is 2.38. The summed E-state index contributed by atoms with van der Waals surface area (Å²) in [5, 5.41) is 30.8. The standard InChI is InChI=1S/C30H33N3O9S/c1-43(40,41)31-29(35)26-15-10-23(18-27(26)21-4-2-3-5-21)20-8-13-25(14-9-20)42-17-16-32(30(36)37)19-28(34)22-6-11-24(12-7-22)33(38)39/h6-15,18,21,28,34H,2-5,16-17,19H2,1H3,(H,31,35)(H,36,37)/t28-/m1/s1. The Morgan fingerprint density at radius 2 is 1.67 bits per heavy atom. The van der Waals surface area contributed by atoms with Crippen LogP contribution in [-0.4, -0.2) is 66.4 Å². The maximum absolute atomic E-state index is 12.7. The molecule has 0 heterocycles. The first-order valence-electron chi connectivity index (χ1n) is 13.7. The first-order valence-corrected chi connectivity index (χ1v) is 15.6. The van der Waals surface area contributed by atoms with Crippen LogP contribution < -0.4 is 9.46 Å². The van der Waals surface area contributed by atoms with Crippen molar-refractivity contribution in [1.29, 1.82) is 0 Å². The van der Waals surface area contributed by atoms with Gasteiger partial charge in [0.2, 0.25) is 10.0 Å². The second-order valence-corrected chi connectivity index (χ2v) is 12.2. The summed E-state index contributed by atoms with van der Waals surface area (Å²) in [4.78, 5) is 35.7. The molecule has 13 heteroatoms. The van der Waals surface area contributed by atoms with Gasteiger partial charge >= 0.3 is 6.09 Å². The van der Waals surface area contributed by atoms with Gasteiger partial charge in [-0.2, -0.15) is 0 Å². The van der Waals surface area contributed by atoms with Crippen LogP contribution in [-0.2, 0) is 10.0 Å². The first kappa shape index (κ1) is 31.4. The molecule has 2 amide bonds. The van der Waals surface area contributed by atoms with Crippen molar-refractivity contribution in [2.45, 2.75) is 37.7 Å². The van der Waals surface area contributed by atoms with Crippen molar-refractivity contribution in [2.24, 2.45) is 0 Å². The van der Waals surface area contributed by atoms with Crippen LogP contribution in [0.4, 0.5) is 10.5 Å². The van der Waals surface area contributed by atoms with E-state index in [9.17, 15) is 38.3 Å². The molecule has 0 saturated heterocycles. The predicted molar refractivity (Wildman–Crippen MR) is 159 cm³/mol. The van der Waals surface area contributed by atoms with E-state index in [2.05, 4.69) is 4.72 Å². The van der Waals surface area contributed by atoms with Crippen LogP contribution in [0, 0.1) is 10.1 Å². The number of carbonyl (C=O) groups is 2. The second kappa shape index (κ2) is 13.7. The van der Waals surface area contributed by atoms with Gasteiger partial charge in [0.1, 0.15) is 12.4 Å². The van der Waals surface area contributed by atoms with Gasteiger partial charge in [-0.05, 0) is 71.3 Å². The summed E-state index contributed by atoms with van der Waals surface area (Å²) in [7, 11) is -3.70. The van der Waals surface area contributed by atoms with Crippen LogP contribution in [0.2, 0.25) is 0 Å². The van der Waals surface area contributed by atoms with Crippen molar-refractivity contribution in [3.8, 4) is 16.9 Å². The molecule has 0 bridgehead atoms. The molecule has 1 aliphatic rings. The van der Waals surface area contributed by atoms with E-state index in [0.29, 0.717) is 16.9 Å². The highest BCUT2D eigenvalue weighted by Gasteiger charge is 2.25. The van der Waals surface area contributed by atoms with E-state index >= 15 is 0 Å². The summed E-state index contributed by atoms with van der Waals surface area (Å²) in [5.74, 6) is 0.0273. The van der Waals surface area contributed by atoms with Gasteiger partial charge in [-0.3, -0.25) is 14.9 Å². The number of aliphatic hydroxyl groups is 1. The van der Waals surface area contributed by atoms with Crippen LogP contribution in [0.5, 0.6) is 5.75 Å². The number of hydrogen-bond acceptors (Lipinski definition) is 8. The number of ether oxygens (including phenoxy) is 1. The van der Waals surface area contributed by atoms with Crippen molar-refractivity contribution in [3.05, 3.63) is 93.5 Å². The lowest BCUT2D eigenvalue weighted by molar-refractivity contribution is -0.384. The van der Waals surface area contributed by atoms with E-state index in [0.717, 1.165) is 53.5 Å². The molecule has 4 rings (SSSR count). The highest BCUT2D eigenvalue weighted by molar-refractivity contribution is 7.89. The quantitative estimate of drug-likeness (QED) is 0.193. The molecular formula is C30H33N3O9S. The number of benzene rings is 3. The molecule has 12 nitrogen and oxygen atoms in total. The Bertz CT molecular complexity index is 1570. The third-order valence-corrected chi connectivity index (χ3v) is 7.90. The van der Waals surface area contributed by atoms with E-state index in [4.69, 9.17) is 4.74 Å². The van der Waals surface area contributed by atoms with Gasteiger partial charge in [0.25, 0.3) is 11.6 Å². The van der Waals surface area contributed by atoms with Gasteiger partial charge in [-0.1, -0.05) is 37.1 Å². The smallest absolute Gasteiger partial charge is 0.407 e. The van der Waals surface area contributed by atoms with E-state index in [-0.39, 0.29) is 31.3 Å².